The van der Waals surface area contributed by atoms with E-state index >= 15 is 0 Å². The van der Waals surface area contributed by atoms with Gasteiger partial charge in [0.05, 0.1) is 5.75 Å². The minimum absolute atomic E-state index is 0.269. The normalized spacial score (nSPS) is 10.7. The van der Waals surface area contributed by atoms with Crippen molar-refractivity contribution in [3.8, 4) is 5.75 Å². The van der Waals surface area contributed by atoms with Crippen LogP contribution in [0.3, 0.4) is 0 Å². The van der Waals surface area contributed by atoms with E-state index < -0.39 is 11.2 Å². The lowest BCUT2D eigenvalue weighted by atomic mass is 10.2. The second-order valence-corrected chi connectivity index (χ2v) is 6.94. The number of thioether (sulfide) groups is 1. The van der Waals surface area contributed by atoms with Crippen molar-refractivity contribution in [2.75, 3.05) is 5.32 Å². The second kappa shape index (κ2) is 7.45. The average Bonchev–Trinajstić information content (AvgIpc) is 3.03. The summed E-state index contributed by atoms with van der Waals surface area (Å²) in [5, 5.41) is 21.0. The van der Waals surface area contributed by atoms with Gasteiger partial charge in [-0.15, -0.1) is 10.2 Å². The first-order valence-corrected chi connectivity index (χ1v) is 8.65. The summed E-state index contributed by atoms with van der Waals surface area (Å²) in [4.78, 5) is 11.3. The first-order chi connectivity index (χ1) is 11.6. The third-order valence-corrected chi connectivity index (χ3v) is 5.00. The van der Waals surface area contributed by atoms with Crippen LogP contribution < -0.4 is 10.7 Å². The van der Waals surface area contributed by atoms with Crippen LogP contribution in [-0.2, 0) is 12.3 Å². The minimum Gasteiger partial charge on any atom is -0.502 e. The van der Waals surface area contributed by atoms with Gasteiger partial charge in [0.25, 0.3) is 0 Å². The molecule has 1 aromatic carbocycles. The summed E-state index contributed by atoms with van der Waals surface area (Å²) in [7, 11) is 0. The number of nitrogens with one attached hydrogen (secondary N) is 1. The van der Waals surface area contributed by atoms with Crippen molar-refractivity contribution in [3.63, 3.8) is 0 Å². The third-order valence-electron chi connectivity index (χ3n) is 2.97. The lowest BCUT2D eigenvalue weighted by Gasteiger charge is -2.01. The fourth-order valence-corrected chi connectivity index (χ4v) is 3.41. The van der Waals surface area contributed by atoms with Gasteiger partial charge in [-0.3, -0.25) is 4.79 Å². The molecule has 0 fully saturated rings. The van der Waals surface area contributed by atoms with Crippen LogP contribution in [0.25, 0.3) is 0 Å². The second-order valence-electron chi connectivity index (χ2n) is 4.74. The molecule has 0 radical (unpaired) electrons. The number of rotatable bonds is 6. The number of halogens is 1. The van der Waals surface area contributed by atoms with E-state index in [1.165, 1.54) is 41.3 Å². The Morgan fingerprint density at radius 1 is 1.29 bits per heavy atom. The lowest BCUT2D eigenvalue weighted by molar-refractivity contribution is 0.419. The molecule has 9 heteroatoms. The Hall–Kier alpha value is -2.39. The summed E-state index contributed by atoms with van der Waals surface area (Å²) >= 11 is 2.74. The van der Waals surface area contributed by atoms with Crippen molar-refractivity contribution in [3.05, 3.63) is 64.0 Å². The summed E-state index contributed by atoms with van der Waals surface area (Å²) in [5.41, 5.74) is 0.461. The number of aromatic nitrogens is 2. The molecule has 0 aliphatic heterocycles. The van der Waals surface area contributed by atoms with E-state index in [9.17, 15) is 9.18 Å². The quantitative estimate of drug-likeness (QED) is 0.648. The maximum atomic E-state index is 12.8. The fourth-order valence-electron chi connectivity index (χ4n) is 1.77. The van der Waals surface area contributed by atoms with Crippen LogP contribution in [-0.4, -0.2) is 15.3 Å². The Balaban J connectivity index is 1.54. The van der Waals surface area contributed by atoms with Gasteiger partial charge in [0.1, 0.15) is 17.8 Å². The van der Waals surface area contributed by atoms with Gasteiger partial charge in [-0.1, -0.05) is 35.2 Å². The maximum Gasteiger partial charge on any atom is 0.226 e. The molecule has 0 amide bonds. The van der Waals surface area contributed by atoms with Crippen molar-refractivity contribution < 1.29 is 13.9 Å². The van der Waals surface area contributed by atoms with Gasteiger partial charge in [-0.05, 0) is 17.7 Å². The largest absolute Gasteiger partial charge is 0.502 e. The van der Waals surface area contributed by atoms with Crippen LogP contribution >= 0.6 is 23.1 Å². The molecule has 0 saturated carbocycles. The molecule has 3 aromatic rings. The van der Waals surface area contributed by atoms with E-state index in [1.54, 1.807) is 12.1 Å². The first kappa shape index (κ1) is 16.5. The zero-order valence-electron chi connectivity index (χ0n) is 12.2. The molecule has 0 spiro atoms. The van der Waals surface area contributed by atoms with E-state index in [4.69, 9.17) is 9.52 Å². The molecule has 6 nitrogen and oxygen atoms in total. The van der Waals surface area contributed by atoms with Crippen molar-refractivity contribution >= 4 is 28.2 Å². The molecule has 0 aliphatic rings. The zero-order chi connectivity index (χ0) is 16.9. The molecule has 24 heavy (non-hydrogen) atoms. The van der Waals surface area contributed by atoms with Gasteiger partial charge in [-0.25, -0.2) is 4.39 Å². The summed E-state index contributed by atoms with van der Waals surface area (Å²) in [6.45, 7) is 0.520. The highest BCUT2D eigenvalue weighted by Gasteiger charge is 2.07. The molecule has 2 heterocycles. The highest BCUT2D eigenvalue weighted by molar-refractivity contribution is 8.00. The van der Waals surface area contributed by atoms with Gasteiger partial charge < -0.3 is 14.8 Å². The summed E-state index contributed by atoms with van der Waals surface area (Å²) in [6.07, 6.45) is 1.02. The van der Waals surface area contributed by atoms with Crippen molar-refractivity contribution in [1.29, 1.82) is 0 Å². The van der Waals surface area contributed by atoms with Crippen molar-refractivity contribution in [2.24, 2.45) is 0 Å². The van der Waals surface area contributed by atoms with E-state index in [0.717, 1.165) is 11.8 Å². The molecule has 2 N–H and O–H groups in total. The Bertz CT molecular complexity index is 880. The Morgan fingerprint density at radius 3 is 2.83 bits per heavy atom. The number of aromatic hydroxyl groups is 1. The van der Waals surface area contributed by atoms with Gasteiger partial charge in [-0.2, -0.15) is 0 Å². The number of nitrogens with zero attached hydrogens (tertiary/aromatic N) is 2. The highest BCUT2D eigenvalue weighted by atomic mass is 32.2. The molecule has 0 saturated heterocycles. The topological polar surface area (TPSA) is 88.3 Å². The van der Waals surface area contributed by atoms with Crippen LogP contribution in [0.2, 0.25) is 0 Å². The number of hydrogen-bond donors (Lipinski definition) is 2. The molecule has 0 aliphatic carbocycles. The smallest absolute Gasteiger partial charge is 0.226 e. The van der Waals surface area contributed by atoms with Gasteiger partial charge in [0, 0.05) is 12.6 Å². The van der Waals surface area contributed by atoms with Crippen molar-refractivity contribution in [2.45, 2.75) is 16.6 Å². The standard InChI is InChI=1S/C15H12FN3O3S2/c16-10-3-1-9(2-4-10)6-17-14-18-19-15(24-14)23-8-11-5-12(20)13(21)7-22-11/h1-5,7,21H,6,8H2,(H,17,18). The summed E-state index contributed by atoms with van der Waals surface area (Å²) in [5.74, 6) is 0.169. The maximum absolute atomic E-state index is 12.8. The van der Waals surface area contributed by atoms with Crippen LogP contribution in [0, 0.1) is 5.82 Å². The predicted molar refractivity (Wildman–Crippen MR) is 89.8 cm³/mol. The van der Waals surface area contributed by atoms with Crippen LogP contribution in [0.5, 0.6) is 5.75 Å². The van der Waals surface area contributed by atoms with E-state index in [0.29, 0.717) is 27.5 Å². The number of hydrogen-bond acceptors (Lipinski definition) is 8. The minimum atomic E-state index is -0.476. The molecule has 124 valence electrons. The van der Waals surface area contributed by atoms with Gasteiger partial charge in [0.15, 0.2) is 10.1 Å². The molecule has 0 atom stereocenters. The predicted octanol–water partition coefficient (Wildman–Crippen LogP) is 3.24. The Kier molecular flexibility index (Phi) is 5.11. The third kappa shape index (κ3) is 4.33. The van der Waals surface area contributed by atoms with Gasteiger partial charge >= 0.3 is 0 Å². The Labute approximate surface area is 144 Å². The summed E-state index contributed by atoms with van der Waals surface area (Å²) in [6, 6.07) is 7.46. The SMILES string of the molecule is O=c1cc(CSc2nnc(NCc3ccc(F)cc3)s2)occ1O. The highest BCUT2D eigenvalue weighted by Crippen LogP contribution is 2.28. The molecule has 3 rings (SSSR count). The number of anilines is 1. The van der Waals surface area contributed by atoms with Crippen molar-refractivity contribution in [1.82, 2.24) is 10.2 Å². The van der Waals surface area contributed by atoms with E-state index in [-0.39, 0.29) is 5.82 Å². The van der Waals surface area contributed by atoms with Crippen LogP contribution in [0.15, 0.2) is 50.1 Å². The molecule has 2 aromatic heterocycles. The Morgan fingerprint density at radius 2 is 2.08 bits per heavy atom. The summed E-state index contributed by atoms with van der Waals surface area (Å²) < 4.78 is 18.7. The van der Waals surface area contributed by atoms with Crippen LogP contribution in [0.4, 0.5) is 9.52 Å². The molecule has 0 bridgehead atoms. The van der Waals surface area contributed by atoms with E-state index in [2.05, 4.69) is 15.5 Å². The first-order valence-electron chi connectivity index (χ1n) is 6.85. The average molecular weight is 365 g/mol. The van der Waals surface area contributed by atoms with E-state index in [1.807, 2.05) is 0 Å². The molecule has 0 unspecified atom stereocenters. The fraction of sp³-hybridized carbons (Fsp3) is 0.133. The lowest BCUT2D eigenvalue weighted by Crippen LogP contribution is -1.98. The monoisotopic (exact) mass is 365 g/mol. The van der Waals surface area contributed by atoms with Gasteiger partial charge in [0.2, 0.25) is 10.6 Å². The van der Waals surface area contributed by atoms with Crippen LogP contribution in [0.1, 0.15) is 11.3 Å². The zero-order valence-corrected chi connectivity index (χ0v) is 13.9. The number of benzene rings is 1. The molecular formula is C15H12FN3O3S2. The molecular weight excluding hydrogens is 353 g/mol.